The lowest BCUT2D eigenvalue weighted by molar-refractivity contribution is -0.138. The van der Waals surface area contributed by atoms with E-state index in [1.807, 2.05) is 0 Å². The molecule has 0 radical (unpaired) electrons. The summed E-state index contributed by atoms with van der Waals surface area (Å²) in [4.78, 5) is 28.2. The van der Waals surface area contributed by atoms with Gasteiger partial charge in [-0.05, 0) is 32.9 Å². The van der Waals surface area contributed by atoms with Crippen molar-refractivity contribution in [2.24, 2.45) is 0 Å². The third-order valence-electron chi connectivity index (χ3n) is 2.35. The summed E-state index contributed by atoms with van der Waals surface area (Å²) in [6.45, 7) is 4.94. The Hall–Kier alpha value is -2.11. The predicted octanol–water partition coefficient (Wildman–Crippen LogP) is 0.989. The molecule has 0 saturated heterocycles. The molecule has 0 saturated carbocycles. The van der Waals surface area contributed by atoms with Crippen molar-refractivity contribution in [1.29, 1.82) is 0 Å². The molecule has 1 rings (SSSR count). The van der Waals surface area contributed by atoms with Gasteiger partial charge in [0.2, 0.25) is 0 Å². The first-order chi connectivity index (χ1) is 8.21. The van der Waals surface area contributed by atoms with Crippen molar-refractivity contribution in [2.75, 3.05) is 12.3 Å². The SMILES string of the molecule is CC(C)(C)N(CC(=O)O)C(=O)c1ccc(N)cn1. The number of nitrogen functional groups attached to an aromatic ring is 1. The van der Waals surface area contributed by atoms with Crippen molar-refractivity contribution in [3.05, 3.63) is 24.0 Å². The van der Waals surface area contributed by atoms with Crippen LogP contribution in [0, 0.1) is 0 Å². The number of carboxylic acids is 1. The Morgan fingerprint density at radius 1 is 1.39 bits per heavy atom. The molecule has 0 bridgehead atoms. The molecule has 1 amide bonds. The molecule has 0 unspecified atom stereocenters. The number of amides is 1. The summed E-state index contributed by atoms with van der Waals surface area (Å²) < 4.78 is 0. The van der Waals surface area contributed by atoms with Crippen LogP contribution in [0.4, 0.5) is 5.69 Å². The van der Waals surface area contributed by atoms with Crippen LogP contribution in [-0.2, 0) is 4.79 Å². The Balaban J connectivity index is 3.02. The minimum Gasteiger partial charge on any atom is -0.480 e. The van der Waals surface area contributed by atoms with Crippen molar-refractivity contribution >= 4 is 17.6 Å². The standard InChI is InChI=1S/C12H17N3O3/c1-12(2,3)15(7-10(16)17)11(18)9-5-4-8(13)6-14-9/h4-6H,7,13H2,1-3H3,(H,16,17). The van der Waals surface area contributed by atoms with Gasteiger partial charge < -0.3 is 15.7 Å². The van der Waals surface area contributed by atoms with E-state index in [-0.39, 0.29) is 12.2 Å². The van der Waals surface area contributed by atoms with E-state index in [0.29, 0.717) is 5.69 Å². The number of aliphatic carboxylic acids is 1. The minimum absolute atomic E-state index is 0.181. The minimum atomic E-state index is -1.06. The molecule has 98 valence electrons. The largest absolute Gasteiger partial charge is 0.480 e. The second-order valence-electron chi connectivity index (χ2n) is 4.93. The molecule has 1 aromatic rings. The number of aromatic nitrogens is 1. The second kappa shape index (κ2) is 5.03. The third kappa shape index (κ3) is 3.44. The lowest BCUT2D eigenvalue weighted by Gasteiger charge is -2.34. The summed E-state index contributed by atoms with van der Waals surface area (Å²) in [5.41, 5.74) is 5.52. The highest BCUT2D eigenvalue weighted by Crippen LogP contribution is 2.16. The number of carbonyl (C=O) groups excluding carboxylic acids is 1. The highest BCUT2D eigenvalue weighted by Gasteiger charge is 2.29. The van der Waals surface area contributed by atoms with Crippen molar-refractivity contribution in [1.82, 2.24) is 9.88 Å². The van der Waals surface area contributed by atoms with E-state index in [1.54, 1.807) is 26.8 Å². The Labute approximate surface area is 105 Å². The van der Waals surface area contributed by atoms with Crippen molar-refractivity contribution in [3.63, 3.8) is 0 Å². The quantitative estimate of drug-likeness (QED) is 0.835. The average molecular weight is 251 g/mol. The molecule has 0 fully saturated rings. The van der Waals surface area contributed by atoms with E-state index in [9.17, 15) is 9.59 Å². The van der Waals surface area contributed by atoms with Crippen LogP contribution in [0.3, 0.4) is 0 Å². The molecule has 6 heteroatoms. The van der Waals surface area contributed by atoms with Crippen LogP contribution in [0.5, 0.6) is 0 Å². The van der Waals surface area contributed by atoms with Gasteiger partial charge in [0.25, 0.3) is 5.91 Å². The first-order valence-electron chi connectivity index (χ1n) is 5.47. The van der Waals surface area contributed by atoms with E-state index in [0.717, 1.165) is 0 Å². The maximum absolute atomic E-state index is 12.2. The van der Waals surface area contributed by atoms with Gasteiger partial charge >= 0.3 is 5.97 Å². The average Bonchev–Trinajstić information content (AvgIpc) is 2.24. The fourth-order valence-corrected chi connectivity index (χ4v) is 1.42. The van der Waals surface area contributed by atoms with Crippen LogP contribution in [0.2, 0.25) is 0 Å². The molecule has 0 aromatic carbocycles. The van der Waals surface area contributed by atoms with E-state index in [4.69, 9.17) is 10.8 Å². The maximum Gasteiger partial charge on any atom is 0.323 e. The van der Waals surface area contributed by atoms with Crippen LogP contribution in [-0.4, -0.2) is 39.0 Å². The van der Waals surface area contributed by atoms with Gasteiger partial charge in [-0.15, -0.1) is 0 Å². The monoisotopic (exact) mass is 251 g/mol. The summed E-state index contributed by atoms with van der Waals surface area (Å²) in [5.74, 6) is -1.49. The van der Waals surface area contributed by atoms with Crippen LogP contribution >= 0.6 is 0 Å². The molecule has 0 spiro atoms. The van der Waals surface area contributed by atoms with Gasteiger partial charge in [-0.1, -0.05) is 0 Å². The van der Waals surface area contributed by atoms with Crippen molar-refractivity contribution < 1.29 is 14.7 Å². The number of nitrogens with two attached hydrogens (primary N) is 1. The van der Waals surface area contributed by atoms with Gasteiger partial charge in [0, 0.05) is 5.54 Å². The summed E-state index contributed by atoms with van der Waals surface area (Å²) in [6.07, 6.45) is 1.37. The Kier molecular flexibility index (Phi) is 3.90. The van der Waals surface area contributed by atoms with Gasteiger partial charge in [0.15, 0.2) is 0 Å². The first-order valence-corrected chi connectivity index (χ1v) is 5.47. The number of hydrogen-bond donors (Lipinski definition) is 2. The summed E-state index contributed by atoms with van der Waals surface area (Å²) in [6, 6.07) is 3.04. The van der Waals surface area contributed by atoms with Gasteiger partial charge in [-0.3, -0.25) is 9.59 Å². The number of carbonyl (C=O) groups is 2. The van der Waals surface area contributed by atoms with E-state index in [1.165, 1.54) is 17.2 Å². The topological polar surface area (TPSA) is 96.5 Å². The number of rotatable bonds is 3. The molecule has 6 nitrogen and oxygen atoms in total. The zero-order chi connectivity index (χ0) is 13.9. The Morgan fingerprint density at radius 3 is 2.39 bits per heavy atom. The summed E-state index contributed by atoms with van der Waals surface area (Å²) in [5, 5.41) is 8.85. The fourth-order valence-electron chi connectivity index (χ4n) is 1.42. The van der Waals surface area contributed by atoms with Crippen molar-refractivity contribution in [2.45, 2.75) is 26.3 Å². The molecule has 0 aliphatic carbocycles. The van der Waals surface area contributed by atoms with E-state index in [2.05, 4.69) is 4.98 Å². The van der Waals surface area contributed by atoms with Gasteiger partial charge in [0.1, 0.15) is 12.2 Å². The zero-order valence-corrected chi connectivity index (χ0v) is 10.7. The Bertz CT molecular complexity index is 449. The van der Waals surface area contributed by atoms with Crippen molar-refractivity contribution in [3.8, 4) is 0 Å². The van der Waals surface area contributed by atoms with E-state index >= 15 is 0 Å². The van der Waals surface area contributed by atoms with Crippen LogP contribution in [0.25, 0.3) is 0 Å². The third-order valence-corrected chi connectivity index (χ3v) is 2.35. The Morgan fingerprint density at radius 2 is 2.00 bits per heavy atom. The predicted molar refractivity (Wildman–Crippen MR) is 67.1 cm³/mol. The normalized spacial score (nSPS) is 11.1. The highest BCUT2D eigenvalue weighted by molar-refractivity contribution is 5.94. The van der Waals surface area contributed by atoms with Gasteiger partial charge in [-0.25, -0.2) is 4.98 Å². The number of hydrogen-bond acceptors (Lipinski definition) is 4. The molecule has 1 heterocycles. The number of anilines is 1. The molecular weight excluding hydrogens is 234 g/mol. The van der Waals surface area contributed by atoms with Crippen LogP contribution in [0.15, 0.2) is 18.3 Å². The maximum atomic E-state index is 12.2. The smallest absolute Gasteiger partial charge is 0.323 e. The molecule has 0 atom stereocenters. The molecule has 3 N–H and O–H groups in total. The molecule has 0 aliphatic heterocycles. The molecule has 18 heavy (non-hydrogen) atoms. The fraction of sp³-hybridized carbons (Fsp3) is 0.417. The number of nitrogens with zero attached hydrogens (tertiary/aromatic N) is 2. The lowest BCUT2D eigenvalue weighted by atomic mass is 10.1. The van der Waals surface area contributed by atoms with Gasteiger partial charge in [0.05, 0.1) is 11.9 Å². The second-order valence-corrected chi connectivity index (χ2v) is 4.93. The lowest BCUT2D eigenvalue weighted by Crippen LogP contribution is -2.48. The van der Waals surface area contributed by atoms with E-state index < -0.39 is 17.4 Å². The number of pyridine rings is 1. The molecule has 1 aromatic heterocycles. The zero-order valence-electron chi connectivity index (χ0n) is 10.7. The number of carboxylic acid groups (broad SMARTS) is 1. The first kappa shape index (κ1) is 14.0. The van der Waals surface area contributed by atoms with Crippen LogP contribution in [0.1, 0.15) is 31.3 Å². The van der Waals surface area contributed by atoms with Gasteiger partial charge in [-0.2, -0.15) is 0 Å². The summed E-state index contributed by atoms with van der Waals surface area (Å²) in [7, 11) is 0. The molecule has 0 aliphatic rings. The van der Waals surface area contributed by atoms with Crippen LogP contribution < -0.4 is 5.73 Å². The molecular formula is C12H17N3O3. The highest BCUT2D eigenvalue weighted by atomic mass is 16.4. The summed E-state index contributed by atoms with van der Waals surface area (Å²) >= 11 is 0.